The lowest BCUT2D eigenvalue weighted by atomic mass is 10.3. The predicted molar refractivity (Wildman–Crippen MR) is 72.5 cm³/mol. The number of hydrogen-bond donors (Lipinski definition) is 2. The minimum absolute atomic E-state index is 0.132. The van der Waals surface area contributed by atoms with Gasteiger partial charge in [0.25, 0.3) is 0 Å². The van der Waals surface area contributed by atoms with Crippen LogP contribution >= 0.6 is 15.9 Å². The smallest absolute Gasteiger partial charge is 0.243 e. The Labute approximate surface area is 113 Å². The Morgan fingerprint density at radius 3 is 2.89 bits per heavy atom. The van der Waals surface area contributed by atoms with Crippen LogP contribution in [0.25, 0.3) is 0 Å². The lowest BCUT2D eigenvalue weighted by molar-refractivity contribution is -0.114. The van der Waals surface area contributed by atoms with Gasteiger partial charge in [0.1, 0.15) is 5.76 Å². The van der Waals surface area contributed by atoms with E-state index in [2.05, 4.69) is 31.7 Å². The number of aryl methyl sites for hydroxylation is 1. The zero-order valence-electron chi connectivity index (χ0n) is 9.74. The van der Waals surface area contributed by atoms with Gasteiger partial charge in [0, 0.05) is 10.5 Å². The molecule has 0 unspecified atom stereocenters. The molecule has 0 saturated heterocycles. The van der Waals surface area contributed by atoms with Gasteiger partial charge >= 0.3 is 0 Å². The number of rotatable bonds is 4. The second-order valence-corrected chi connectivity index (χ2v) is 4.56. The van der Waals surface area contributed by atoms with Crippen LogP contribution in [0.5, 0.6) is 0 Å². The molecule has 94 valence electrons. The van der Waals surface area contributed by atoms with Crippen LogP contribution in [0.3, 0.4) is 0 Å². The van der Waals surface area contributed by atoms with Crippen molar-refractivity contribution < 1.29 is 9.32 Å². The van der Waals surface area contributed by atoms with Gasteiger partial charge in [0.15, 0.2) is 5.82 Å². The molecule has 0 spiro atoms. The standard InChI is InChI=1S/C12H12BrN3O2/c1-8-6-11(16-18-8)14-7-12(17)15-10-5-3-2-4-9(10)13/h2-6H,7H2,1H3,(H,14,16)(H,15,17). The number of carbonyl (C=O) groups is 1. The molecule has 0 radical (unpaired) electrons. The fourth-order valence-corrected chi connectivity index (χ4v) is 1.76. The summed E-state index contributed by atoms with van der Waals surface area (Å²) < 4.78 is 5.73. The molecule has 1 aromatic carbocycles. The van der Waals surface area contributed by atoms with Gasteiger partial charge < -0.3 is 15.2 Å². The molecule has 0 saturated carbocycles. The second kappa shape index (κ2) is 5.68. The summed E-state index contributed by atoms with van der Waals surface area (Å²) in [6.07, 6.45) is 0. The first kappa shape index (κ1) is 12.6. The molecule has 0 aliphatic carbocycles. The van der Waals surface area contributed by atoms with Crippen molar-refractivity contribution in [3.05, 3.63) is 40.6 Å². The van der Waals surface area contributed by atoms with E-state index >= 15 is 0 Å². The van der Waals surface area contributed by atoms with Crippen LogP contribution in [0.4, 0.5) is 11.5 Å². The Morgan fingerprint density at radius 2 is 2.22 bits per heavy atom. The Hall–Kier alpha value is -1.82. The number of benzene rings is 1. The molecule has 0 aliphatic rings. The zero-order chi connectivity index (χ0) is 13.0. The molecule has 0 atom stereocenters. The summed E-state index contributed by atoms with van der Waals surface area (Å²) in [5.41, 5.74) is 0.737. The number of para-hydroxylation sites is 1. The van der Waals surface area contributed by atoms with E-state index in [9.17, 15) is 4.79 Å². The molecule has 1 aromatic heterocycles. The molecule has 1 amide bonds. The van der Waals surface area contributed by atoms with Crippen molar-refractivity contribution in [1.82, 2.24) is 5.16 Å². The number of aromatic nitrogens is 1. The first-order valence-electron chi connectivity index (χ1n) is 5.37. The first-order chi connectivity index (χ1) is 8.65. The van der Waals surface area contributed by atoms with Gasteiger partial charge in [-0.05, 0) is 35.0 Å². The molecule has 1 heterocycles. The molecule has 18 heavy (non-hydrogen) atoms. The number of halogens is 1. The van der Waals surface area contributed by atoms with Crippen LogP contribution < -0.4 is 10.6 Å². The molecule has 2 rings (SSSR count). The summed E-state index contributed by atoms with van der Waals surface area (Å²) in [5, 5.41) is 9.39. The molecule has 5 nitrogen and oxygen atoms in total. The highest BCUT2D eigenvalue weighted by Gasteiger charge is 2.06. The fourth-order valence-electron chi connectivity index (χ4n) is 1.38. The van der Waals surface area contributed by atoms with Gasteiger partial charge in [-0.25, -0.2) is 0 Å². The van der Waals surface area contributed by atoms with Gasteiger partial charge in [-0.1, -0.05) is 17.3 Å². The normalized spacial score (nSPS) is 10.1. The number of nitrogens with zero attached hydrogens (tertiary/aromatic N) is 1. The van der Waals surface area contributed by atoms with Crippen LogP contribution in [0.2, 0.25) is 0 Å². The van der Waals surface area contributed by atoms with Crippen LogP contribution in [-0.2, 0) is 4.79 Å². The maximum Gasteiger partial charge on any atom is 0.243 e. The van der Waals surface area contributed by atoms with Crippen LogP contribution in [0, 0.1) is 6.92 Å². The molecular weight excluding hydrogens is 298 g/mol. The fraction of sp³-hybridized carbons (Fsp3) is 0.167. The summed E-state index contributed by atoms with van der Waals surface area (Å²) in [6, 6.07) is 9.16. The summed E-state index contributed by atoms with van der Waals surface area (Å²) >= 11 is 3.36. The summed E-state index contributed by atoms with van der Waals surface area (Å²) in [4.78, 5) is 11.7. The second-order valence-electron chi connectivity index (χ2n) is 3.70. The van der Waals surface area contributed by atoms with Crippen molar-refractivity contribution in [3.8, 4) is 0 Å². The van der Waals surface area contributed by atoms with E-state index < -0.39 is 0 Å². The molecule has 0 fully saturated rings. The average molecular weight is 310 g/mol. The van der Waals surface area contributed by atoms with Crippen molar-refractivity contribution >= 4 is 33.3 Å². The Morgan fingerprint density at radius 1 is 1.44 bits per heavy atom. The van der Waals surface area contributed by atoms with Crippen molar-refractivity contribution in [2.75, 3.05) is 17.2 Å². The molecular formula is C12H12BrN3O2. The quantitative estimate of drug-likeness (QED) is 0.911. The topological polar surface area (TPSA) is 67.2 Å². The van der Waals surface area contributed by atoms with Crippen molar-refractivity contribution in [2.45, 2.75) is 6.92 Å². The van der Waals surface area contributed by atoms with Crippen molar-refractivity contribution in [3.63, 3.8) is 0 Å². The van der Waals surface area contributed by atoms with E-state index in [0.717, 1.165) is 10.2 Å². The van der Waals surface area contributed by atoms with Crippen LogP contribution in [-0.4, -0.2) is 17.6 Å². The van der Waals surface area contributed by atoms with E-state index in [-0.39, 0.29) is 12.5 Å². The third-order valence-electron chi connectivity index (χ3n) is 2.21. The molecule has 0 aliphatic heterocycles. The Balaban J connectivity index is 1.88. The summed E-state index contributed by atoms with van der Waals surface area (Å²) in [6.45, 7) is 1.92. The molecule has 0 bridgehead atoms. The van der Waals surface area contributed by atoms with Gasteiger partial charge in [0.2, 0.25) is 5.91 Å². The Kier molecular flexibility index (Phi) is 3.99. The highest BCUT2D eigenvalue weighted by molar-refractivity contribution is 9.10. The zero-order valence-corrected chi connectivity index (χ0v) is 11.3. The maximum atomic E-state index is 11.7. The minimum atomic E-state index is -0.150. The average Bonchev–Trinajstić information content (AvgIpc) is 2.76. The van der Waals surface area contributed by atoms with Crippen molar-refractivity contribution in [2.24, 2.45) is 0 Å². The van der Waals surface area contributed by atoms with Crippen molar-refractivity contribution in [1.29, 1.82) is 0 Å². The van der Waals surface area contributed by atoms with Crippen LogP contribution in [0.1, 0.15) is 5.76 Å². The van der Waals surface area contributed by atoms with Gasteiger partial charge in [-0.3, -0.25) is 4.79 Å². The van der Waals surface area contributed by atoms with E-state index in [1.54, 1.807) is 13.0 Å². The van der Waals surface area contributed by atoms with E-state index in [4.69, 9.17) is 4.52 Å². The monoisotopic (exact) mass is 309 g/mol. The largest absolute Gasteiger partial charge is 0.360 e. The predicted octanol–water partition coefficient (Wildman–Crippen LogP) is 2.80. The Bertz CT molecular complexity index is 554. The SMILES string of the molecule is Cc1cc(NCC(=O)Nc2ccccc2Br)no1. The maximum absolute atomic E-state index is 11.7. The first-order valence-corrected chi connectivity index (χ1v) is 6.16. The molecule has 2 N–H and O–H groups in total. The van der Waals surface area contributed by atoms with E-state index in [1.165, 1.54) is 0 Å². The highest BCUT2D eigenvalue weighted by atomic mass is 79.9. The molecule has 2 aromatic rings. The van der Waals surface area contributed by atoms with E-state index in [0.29, 0.717) is 11.6 Å². The highest BCUT2D eigenvalue weighted by Crippen LogP contribution is 2.20. The van der Waals surface area contributed by atoms with Gasteiger partial charge in [0.05, 0.1) is 12.2 Å². The number of anilines is 2. The summed E-state index contributed by atoms with van der Waals surface area (Å²) in [7, 11) is 0. The number of carbonyl (C=O) groups excluding carboxylic acids is 1. The van der Waals surface area contributed by atoms with Gasteiger partial charge in [-0.2, -0.15) is 0 Å². The summed E-state index contributed by atoms with van der Waals surface area (Å²) in [5.74, 6) is 1.10. The van der Waals surface area contributed by atoms with E-state index in [1.807, 2.05) is 24.3 Å². The third kappa shape index (κ3) is 3.33. The van der Waals surface area contributed by atoms with Crippen LogP contribution in [0.15, 0.2) is 39.3 Å². The molecule has 6 heteroatoms. The number of amides is 1. The lowest BCUT2D eigenvalue weighted by Gasteiger charge is -2.07. The van der Waals surface area contributed by atoms with Gasteiger partial charge in [-0.15, -0.1) is 0 Å². The number of nitrogens with one attached hydrogen (secondary N) is 2. The number of hydrogen-bond acceptors (Lipinski definition) is 4. The lowest BCUT2D eigenvalue weighted by Crippen LogP contribution is -2.22. The third-order valence-corrected chi connectivity index (χ3v) is 2.90. The minimum Gasteiger partial charge on any atom is -0.360 e.